The van der Waals surface area contributed by atoms with E-state index in [-0.39, 0.29) is 18.6 Å². The van der Waals surface area contributed by atoms with Crippen molar-refractivity contribution in [3.05, 3.63) is 59.4 Å². The fourth-order valence-electron chi connectivity index (χ4n) is 2.21. The van der Waals surface area contributed by atoms with Crippen LogP contribution in [0.3, 0.4) is 0 Å². The predicted octanol–water partition coefficient (Wildman–Crippen LogP) is 2.61. The summed E-state index contributed by atoms with van der Waals surface area (Å²) in [5.74, 6) is 1.04. The third-order valence-corrected chi connectivity index (χ3v) is 3.61. The van der Waals surface area contributed by atoms with E-state index in [2.05, 4.69) is 18.2 Å². The molecule has 0 aliphatic heterocycles. The van der Waals surface area contributed by atoms with Gasteiger partial charge in [0.1, 0.15) is 18.5 Å². The third-order valence-electron chi connectivity index (χ3n) is 3.61. The fourth-order valence-corrected chi connectivity index (χ4v) is 2.21. The van der Waals surface area contributed by atoms with Gasteiger partial charge in [0.2, 0.25) is 0 Å². The minimum Gasteiger partial charge on any atom is -0.491 e. The van der Waals surface area contributed by atoms with E-state index in [1.807, 2.05) is 38.2 Å². The molecule has 2 aliphatic carbocycles. The van der Waals surface area contributed by atoms with E-state index >= 15 is 0 Å². The standard InChI is InChI=1S/C17H23NO2/c1-12(2)17(18)15(19)11-20-16-9-5-7-13-6-3-4-8-14(16)10-13/h3-9,12,15,17,19H,10-11,18H2,1-2H3. The molecule has 3 N–H and O–H groups in total. The van der Waals surface area contributed by atoms with Crippen molar-refractivity contribution in [3.63, 3.8) is 0 Å². The molecule has 2 atom stereocenters. The summed E-state index contributed by atoms with van der Waals surface area (Å²) >= 11 is 0. The highest BCUT2D eigenvalue weighted by atomic mass is 16.5. The molecule has 2 rings (SSSR count). The minimum absolute atomic E-state index is 0.221. The number of ether oxygens (including phenoxy) is 1. The summed E-state index contributed by atoms with van der Waals surface area (Å²) in [7, 11) is 0. The molecule has 0 fully saturated rings. The van der Waals surface area contributed by atoms with Crippen molar-refractivity contribution in [2.75, 3.05) is 6.61 Å². The van der Waals surface area contributed by atoms with Crippen LogP contribution in [0.1, 0.15) is 20.3 Å². The molecule has 0 amide bonds. The number of allylic oxidation sites excluding steroid dienone is 9. The Balaban J connectivity index is 2.01. The van der Waals surface area contributed by atoms with Crippen LogP contribution >= 0.6 is 0 Å². The Labute approximate surface area is 120 Å². The van der Waals surface area contributed by atoms with E-state index in [9.17, 15) is 5.11 Å². The first-order valence-corrected chi connectivity index (χ1v) is 7.09. The van der Waals surface area contributed by atoms with Gasteiger partial charge in [-0.25, -0.2) is 0 Å². The van der Waals surface area contributed by atoms with Gasteiger partial charge in [-0.3, -0.25) is 0 Å². The van der Waals surface area contributed by atoms with Crippen molar-refractivity contribution in [3.8, 4) is 0 Å². The van der Waals surface area contributed by atoms with Crippen molar-refractivity contribution in [1.82, 2.24) is 0 Å². The SMILES string of the molecule is CC(C)C(N)C(O)COC1=CC=CC2=CC=CC=C1C2. The summed E-state index contributed by atoms with van der Waals surface area (Å²) in [5, 5.41) is 10.0. The second-order valence-corrected chi connectivity index (χ2v) is 5.58. The summed E-state index contributed by atoms with van der Waals surface area (Å²) in [6.45, 7) is 4.22. The Morgan fingerprint density at radius 3 is 2.70 bits per heavy atom. The second kappa shape index (κ2) is 6.73. The van der Waals surface area contributed by atoms with Crippen molar-refractivity contribution in [1.29, 1.82) is 0 Å². The van der Waals surface area contributed by atoms with E-state index in [0.717, 1.165) is 17.8 Å². The normalized spacial score (nSPS) is 20.6. The molecule has 0 heterocycles. The molecule has 0 saturated heterocycles. The van der Waals surface area contributed by atoms with Crippen LogP contribution < -0.4 is 5.73 Å². The molecule has 0 aromatic rings. The summed E-state index contributed by atoms with van der Waals surface area (Å²) < 4.78 is 5.79. The predicted molar refractivity (Wildman–Crippen MR) is 81.9 cm³/mol. The van der Waals surface area contributed by atoms with Crippen LogP contribution in [0.4, 0.5) is 0 Å². The lowest BCUT2D eigenvalue weighted by Crippen LogP contribution is -2.41. The minimum atomic E-state index is -0.653. The number of aliphatic hydroxyl groups is 1. The smallest absolute Gasteiger partial charge is 0.122 e. The first kappa shape index (κ1) is 14.8. The van der Waals surface area contributed by atoms with Gasteiger partial charge in [0, 0.05) is 12.5 Å². The van der Waals surface area contributed by atoms with Gasteiger partial charge in [0.05, 0.1) is 0 Å². The first-order valence-electron chi connectivity index (χ1n) is 7.09. The lowest BCUT2D eigenvalue weighted by atomic mass is 10.0. The van der Waals surface area contributed by atoms with Crippen molar-refractivity contribution < 1.29 is 9.84 Å². The average molecular weight is 273 g/mol. The van der Waals surface area contributed by atoms with E-state index in [1.54, 1.807) is 0 Å². The monoisotopic (exact) mass is 273 g/mol. The Bertz CT molecular complexity index is 495. The fraction of sp³-hybridized carbons (Fsp3) is 0.412. The molecule has 2 bridgehead atoms. The van der Waals surface area contributed by atoms with E-state index in [4.69, 9.17) is 10.5 Å². The van der Waals surface area contributed by atoms with Crippen LogP contribution in [0.25, 0.3) is 0 Å². The Kier molecular flexibility index (Phi) is 4.99. The number of rotatable bonds is 5. The Hall–Kier alpha value is -1.58. The van der Waals surface area contributed by atoms with Crippen molar-refractivity contribution in [2.24, 2.45) is 11.7 Å². The van der Waals surface area contributed by atoms with Gasteiger partial charge >= 0.3 is 0 Å². The lowest BCUT2D eigenvalue weighted by Gasteiger charge is -2.23. The molecule has 0 saturated carbocycles. The van der Waals surface area contributed by atoms with Gasteiger partial charge in [-0.15, -0.1) is 0 Å². The molecule has 0 radical (unpaired) electrons. The number of fused-ring (bicyclic) bond motifs is 2. The maximum Gasteiger partial charge on any atom is 0.122 e. The summed E-state index contributed by atoms with van der Waals surface area (Å²) in [4.78, 5) is 0. The Morgan fingerprint density at radius 1 is 1.20 bits per heavy atom. The molecule has 0 aromatic heterocycles. The molecule has 2 aliphatic rings. The number of hydrogen-bond donors (Lipinski definition) is 2. The summed E-state index contributed by atoms with van der Waals surface area (Å²) in [6, 6.07) is -0.268. The van der Waals surface area contributed by atoms with Gasteiger partial charge in [0.15, 0.2) is 0 Å². The summed E-state index contributed by atoms with van der Waals surface area (Å²) in [6.07, 6.45) is 14.4. The zero-order valence-corrected chi connectivity index (χ0v) is 12.1. The maximum absolute atomic E-state index is 10.0. The van der Waals surface area contributed by atoms with Gasteiger partial charge < -0.3 is 15.6 Å². The third kappa shape index (κ3) is 3.71. The maximum atomic E-state index is 10.0. The zero-order valence-electron chi connectivity index (χ0n) is 12.1. The molecule has 0 aromatic carbocycles. The van der Waals surface area contributed by atoms with Crippen molar-refractivity contribution in [2.45, 2.75) is 32.4 Å². The molecule has 20 heavy (non-hydrogen) atoms. The Morgan fingerprint density at radius 2 is 1.95 bits per heavy atom. The van der Waals surface area contributed by atoms with Gasteiger partial charge in [-0.1, -0.05) is 50.3 Å². The number of aliphatic hydroxyl groups excluding tert-OH is 1. The van der Waals surface area contributed by atoms with Crippen molar-refractivity contribution >= 4 is 0 Å². The molecular weight excluding hydrogens is 250 g/mol. The number of nitrogens with two attached hydrogens (primary N) is 1. The second-order valence-electron chi connectivity index (χ2n) is 5.58. The molecule has 108 valence electrons. The highest BCUT2D eigenvalue weighted by Gasteiger charge is 2.20. The van der Waals surface area contributed by atoms with Crippen LogP contribution in [0.5, 0.6) is 0 Å². The molecule has 2 unspecified atom stereocenters. The highest BCUT2D eigenvalue weighted by Crippen LogP contribution is 2.26. The topological polar surface area (TPSA) is 55.5 Å². The molecule has 3 nitrogen and oxygen atoms in total. The van der Waals surface area contributed by atoms with Gasteiger partial charge in [-0.05, 0) is 23.1 Å². The van der Waals surface area contributed by atoms with Gasteiger partial charge in [0.25, 0.3) is 0 Å². The van der Waals surface area contributed by atoms with Crippen LogP contribution in [-0.4, -0.2) is 23.9 Å². The first-order chi connectivity index (χ1) is 9.58. The van der Waals surface area contributed by atoms with E-state index in [1.165, 1.54) is 5.57 Å². The summed E-state index contributed by atoms with van der Waals surface area (Å²) in [5.41, 5.74) is 8.31. The zero-order chi connectivity index (χ0) is 14.5. The van der Waals surface area contributed by atoms with Gasteiger partial charge in [-0.2, -0.15) is 0 Å². The van der Waals surface area contributed by atoms with E-state index in [0.29, 0.717) is 0 Å². The van der Waals surface area contributed by atoms with Crippen LogP contribution in [0.15, 0.2) is 59.4 Å². The molecule has 0 spiro atoms. The van der Waals surface area contributed by atoms with Crippen LogP contribution in [0.2, 0.25) is 0 Å². The lowest BCUT2D eigenvalue weighted by molar-refractivity contribution is 0.0454. The van der Waals surface area contributed by atoms with Crippen LogP contribution in [-0.2, 0) is 4.74 Å². The molecular formula is C17H23NO2. The quantitative estimate of drug-likeness (QED) is 0.809. The van der Waals surface area contributed by atoms with E-state index < -0.39 is 6.10 Å². The molecule has 3 heteroatoms. The average Bonchev–Trinajstić information content (AvgIpc) is 2.77. The van der Waals surface area contributed by atoms with Crippen LogP contribution in [0, 0.1) is 5.92 Å². The highest BCUT2D eigenvalue weighted by molar-refractivity contribution is 5.45. The number of hydrogen-bond acceptors (Lipinski definition) is 3. The largest absolute Gasteiger partial charge is 0.491 e.